The van der Waals surface area contributed by atoms with Gasteiger partial charge in [0.2, 0.25) is 5.88 Å². The molecule has 0 spiro atoms. The van der Waals surface area contributed by atoms with E-state index in [9.17, 15) is 0 Å². The van der Waals surface area contributed by atoms with Crippen molar-refractivity contribution >= 4 is 22.8 Å². The van der Waals surface area contributed by atoms with Gasteiger partial charge in [0.05, 0.1) is 13.0 Å². The maximum Gasteiger partial charge on any atom is 0.215 e. The van der Waals surface area contributed by atoms with E-state index in [1.54, 1.807) is 13.2 Å². The molecule has 0 N–H and O–H groups in total. The lowest BCUT2D eigenvalue weighted by molar-refractivity contribution is 0.398. The first-order valence-electron chi connectivity index (χ1n) is 5.15. The summed E-state index contributed by atoms with van der Waals surface area (Å²) in [7, 11) is 1.60. The van der Waals surface area contributed by atoms with Crippen LogP contribution < -0.4 is 4.74 Å². The number of nitrogens with zero attached hydrogens (tertiary/aromatic N) is 3. The molecule has 0 radical (unpaired) electrons. The van der Waals surface area contributed by atoms with Crippen molar-refractivity contribution in [2.75, 3.05) is 7.11 Å². The lowest BCUT2D eigenvalue weighted by atomic mass is 10.3. The van der Waals surface area contributed by atoms with Crippen molar-refractivity contribution in [1.29, 1.82) is 0 Å². The van der Waals surface area contributed by atoms with Crippen LogP contribution in [0.15, 0.2) is 12.1 Å². The van der Waals surface area contributed by atoms with Crippen LogP contribution in [0.1, 0.15) is 25.7 Å². The Balaban J connectivity index is 2.70. The Labute approximate surface area is 99.2 Å². The zero-order valence-corrected chi connectivity index (χ0v) is 10.3. The van der Waals surface area contributed by atoms with Crippen molar-refractivity contribution in [2.24, 2.45) is 0 Å². The molecule has 0 amide bonds. The van der Waals surface area contributed by atoms with E-state index in [1.807, 2.05) is 10.6 Å². The maximum absolute atomic E-state index is 5.88. The fraction of sp³-hybridized carbons (Fsp3) is 0.455. The van der Waals surface area contributed by atoms with Crippen LogP contribution >= 0.6 is 11.6 Å². The van der Waals surface area contributed by atoms with Gasteiger partial charge in [-0.15, -0.1) is 11.6 Å². The molecule has 0 fully saturated rings. The number of alkyl halides is 1. The van der Waals surface area contributed by atoms with Crippen molar-refractivity contribution in [3.05, 3.63) is 18.0 Å². The van der Waals surface area contributed by atoms with E-state index in [1.165, 1.54) is 0 Å². The van der Waals surface area contributed by atoms with E-state index in [0.717, 1.165) is 17.0 Å². The van der Waals surface area contributed by atoms with E-state index in [-0.39, 0.29) is 6.04 Å². The number of methoxy groups -OCH3 is 1. The first-order chi connectivity index (χ1) is 7.67. The Morgan fingerprint density at radius 3 is 2.69 bits per heavy atom. The van der Waals surface area contributed by atoms with Crippen LogP contribution in [0.4, 0.5) is 0 Å². The summed E-state index contributed by atoms with van der Waals surface area (Å²) in [5, 5.41) is 0. The summed E-state index contributed by atoms with van der Waals surface area (Å²) in [5.74, 6) is 1.82. The predicted molar refractivity (Wildman–Crippen MR) is 64.0 cm³/mol. The van der Waals surface area contributed by atoms with E-state index >= 15 is 0 Å². The number of fused-ring (bicyclic) bond motifs is 1. The zero-order valence-electron chi connectivity index (χ0n) is 9.57. The third kappa shape index (κ3) is 1.73. The molecule has 86 valence electrons. The molecule has 0 aromatic carbocycles. The standard InChI is InChI=1S/C11H14ClN3O/c1-7(2)15-9(6-12)13-8-4-5-10(16-3)14-11(8)15/h4-5,7H,6H2,1-3H3. The predicted octanol–water partition coefficient (Wildman–Crippen LogP) is 2.76. The van der Waals surface area contributed by atoms with Gasteiger partial charge in [-0.05, 0) is 19.9 Å². The Bertz CT molecular complexity index is 507. The molecule has 16 heavy (non-hydrogen) atoms. The molecule has 0 saturated carbocycles. The average molecular weight is 240 g/mol. The fourth-order valence-electron chi connectivity index (χ4n) is 1.75. The largest absolute Gasteiger partial charge is 0.481 e. The normalized spacial score (nSPS) is 11.3. The maximum atomic E-state index is 5.88. The number of imidazole rings is 1. The van der Waals surface area contributed by atoms with Crippen LogP contribution in [0.5, 0.6) is 5.88 Å². The van der Waals surface area contributed by atoms with E-state index in [4.69, 9.17) is 16.3 Å². The average Bonchev–Trinajstić information content (AvgIpc) is 2.65. The van der Waals surface area contributed by atoms with Gasteiger partial charge in [0.1, 0.15) is 11.3 Å². The summed E-state index contributed by atoms with van der Waals surface area (Å²) in [5.41, 5.74) is 1.68. The molecular formula is C11H14ClN3O. The third-order valence-electron chi connectivity index (χ3n) is 2.43. The molecule has 4 nitrogen and oxygen atoms in total. The molecule has 5 heteroatoms. The molecule has 2 aromatic heterocycles. The Morgan fingerprint density at radius 1 is 1.38 bits per heavy atom. The molecule has 2 heterocycles. The Hall–Kier alpha value is -1.29. The Kier molecular flexibility index (Phi) is 3.01. The van der Waals surface area contributed by atoms with Crippen LogP contribution in [-0.2, 0) is 5.88 Å². The minimum Gasteiger partial charge on any atom is -0.481 e. The van der Waals surface area contributed by atoms with E-state index in [2.05, 4.69) is 23.8 Å². The van der Waals surface area contributed by atoms with Gasteiger partial charge < -0.3 is 9.30 Å². The third-order valence-corrected chi connectivity index (χ3v) is 2.67. The van der Waals surface area contributed by atoms with Crippen LogP contribution in [0.25, 0.3) is 11.2 Å². The second-order valence-electron chi connectivity index (χ2n) is 3.82. The molecule has 0 aliphatic heterocycles. The highest BCUT2D eigenvalue weighted by atomic mass is 35.5. The van der Waals surface area contributed by atoms with Crippen LogP contribution in [0.2, 0.25) is 0 Å². The summed E-state index contributed by atoms with van der Waals surface area (Å²) in [6.07, 6.45) is 0. The molecule has 2 rings (SSSR count). The summed E-state index contributed by atoms with van der Waals surface area (Å²) in [4.78, 5) is 8.84. The van der Waals surface area contributed by atoms with Crippen LogP contribution in [0.3, 0.4) is 0 Å². The number of rotatable bonds is 3. The van der Waals surface area contributed by atoms with E-state index in [0.29, 0.717) is 11.8 Å². The second-order valence-corrected chi connectivity index (χ2v) is 4.09. The number of hydrogen-bond donors (Lipinski definition) is 0. The smallest absolute Gasteiger partial charge is 0.215 e. The van der Waals surface area contributed by atoms with Gasteiger partial charge in [-0.25, -0.2) is 4.98 Å². The fourth-order valence-corrected chi connectivity index (χ4v) is 1.94. The summed E-state index contributed by atoms with van der Waals surface area (Å²) >= 11 is 5.88. The van der Waals surface area contributed by atoms with Gasteiger partial charge in [-0.1, -0.05) is 0 Å². The van der Waals surface area contributed by atoms with Crippen LogP contribution in [-0.4, -0.2) is 21.6 Å². The first kappa shape index (κ1) is 11.2. The number of ether oxygens (including phenoxy) is 1. The van der Waals surface area contributed by atoms with E-state index < -0.39 is 0 Å². The Morgan fingerprint density at radius 2 is 2.12 bits per heavy atom. The second kappa shape index (κ2) is 4.29. The highest BCUT2D eigenvalue weighted by molar-refractivity contribution is 6.16. The lowest BCUT2D eigenvalue weighted by Gasteiger charge is -2.10. The molecule has 0 saturated heterocycles. The number of halogens is 1. The molecule has 0 bridgehead atoms. The lowest BCUT2D eigenvalue weighted by Crippen LogP contribution is -2.05. The summed E-state index contributed by atoms with van der Waals surface area (Å²) in [6.45, 7) is 4.16. The van der Waals surface area contributed by atoms with Crippen LogP contribution in [0, 0.1) is 0 Å². The van der Waals surface area contributed by atoms with Gasteiger partial charge in [0.15, 0.2) is 5.65 Å². The van der Waals surface area contributed by atoms with Crippen molar-refractivity contribution < 1.29 is 4.74 Å². The minimum absolute atomic E-state index is 0.276. The monoisotopic (exact) mass is 239 g/mol. The summed E-state index contributed by atoms with van der Waals surface area (Å²) < 4.78 is 7.15. The SMILES string of the molecule is COc1ccc2nc(CCl)n(C(C)C)c2n1. The highest BCUT2D eigenvalue weighted by Gasteiger charge is 2.14. The van der Waals surface area contributed by atoms with Gasteiger partial charge in [-0.3, -0.25) is 0 Å². The molecule has 0 atom stereocenters. The minimum atomic E-state index is 0.276. The molecule has 2 aromatic rings. The van der Waals surface area contributed by atoms with Gasteiger partial charge in [0, 0.05) is 12.1 Å². The molecule has 0 unspecified atom stereocenters. The van der Waals surface area contributed by atoms with Gasteiger partial charge in [-0.2, -0.15) is 4.98 Å². The van der Waals surface area contributed by atoms with Gasteiger partial charge >= 0.3 is 0 Å². The van der Waals surface area contributed by atoms with Crippen molar-refractivity contribution in [2.45, 2.75) is 25.8 Å². The summed E-state index contributed by atoms with van der Waals surface area (Å²) in [6, 6.07) is 3.98. The van der Waals surface area contributed by atoms with Crippen molar-refractivity contribution in [1.82, 2.24) is 14.5 Å². The molecule has 0 aliphatic rings. The number of pyridine rings is 1. The quantitative estimate of drug-likeness (QED) is 0.774. The zero-order chi connectivity index (χ0) is 11.7. The molecular weight excluding hydrogens is 226 g/mol. The highest BCUT2D eigenvalue weighted by Crippen LogP contribution is 2.22. The first-order valence-corrected chi connectivity index (χ1v) is 5.68. The van der Waals surface area contributed by atoms with Gasteiger partial charge in [0.25, 0.3) is 0 Å². The number of aromatic nitrogens is 3. The number of hydrogen-bond acceptors (Lipinski definition) is 3. The topological polar surface area (TPSA) is 39.9 Å². The van der Waals surface area contributed by atoms with Crippen molar-refractivity contribution in [3.8, 4) is 5.88 Å². The molecule has 0 aliphatic carbocycles. The van der Waals surface area contributed by atoms with Crippen molar-refractivity contribution in [3.63, 3.8) is 0 Å².